The Morgan fingerprint density at radius 3 is 2.75 bits per heavy atom. The van der Waals surface area contributed by atoms with Crippen LogP contribution in [0.4, 0.5) is 10.5 Å². The zero-order chi connectivity index (χ0) is 11.5. The minimum absolute atomic E-state index is 0.146. The van der Waals surface area contributed by atoms with Gasteiger partial charge in [-0.3, -0.25) is 4.90 Å². The number of anilines is 1. The maximum absolute atomic E-state index is 11.8. The van der Waals surface area contributed by atoms with E-state index in [0.29, 0.717) is 18.2 Å². The van der Waals surface area contributed by atoms with Crippen LogP contribution in [0.3, 0.4) is 0 Å². The summed E-state index contributed by atoms with van der Waals surface area (Å²) in [6, 6.07) is 6.86. The molecule has 2 rings (SSSR count). The molecule has 2 amide bonds. The Labute approximate surface area is 99.1 Å². The third kappa shape index (κ3) is 2.46. The number of nitrogens with one attached hydrogen (secondary N) is 1. The third-order valence-corrected chi connectivity index (χ3v) is 2.74. The molecule has 1 N–H and O–H groups in total. The number of nitrogens with zero attached hydrogens (tertiary/aromatic N) is 1. The molecule has 1 heterocycles. The summed E-state index contributed by atoms with van der Waals surface area (Å²) in [7, 11) is 0. The Kier molecular flexibility index (Phi) is 3.31. The largest absolute Gasteiger partial charge is 0.357 e. The van der Waals surface area contributed by atoms with E-state index in [1.807, 2.05) is 6.92 Å². The lowest BCUT2D eigenvalue weighted by Crippen LogP contribution is -2.37. The van der Waals surface area contributed by atoms with Gasteiger partial charge in [0.2, 0.25) is 0 Å². The highest BCUT2D eigenvalue weighted by atomic mass is 35.5. The van der Waals surface area contributed by atoms with Gasteiger partial charge in [0.15, 0.2) is 0 Å². The normalized spacial score (nSPS) is 19.9. The first kappa shape index (κ1) is 11.2. The van der Waals surface area contributed by atoms with Gasteiger partial charge in [-0.15, -0.1) is 0 Å². The molecule has 86 valence electrons. The number of hydrogen-bond donors (Lipinski definition) is 1. The predicted molar refractivity (Wildman–Crippen MR) is 62.6 cm³/mol. The van der Waals surface area contributed by atoms with Crippen LogP contribution in [0.15, 0.2) is 24.3 Å². The monoisotopic (exact) mass is 240 g/mol. The number of halogens is 1. The van der Waals surface area contributed by atoms with Crippen LogP contribution < -0.4 is 5.32 Å². The first-order chi connectivity index (χ1) is 7.66. The average Bonchev–Trinajstić information content (AvgIpc) is 2.68. The van der Waals surface area contributed by atoms with Crippen LogP contribution in [-0.2, 0) is 4.74 Å². The Balaban J connectivity index is 1.99. The molecule has 1 aromatic carbocycles. The Morgan fingerprint density at radius 2 is 2.19 bits per heavy atom. The summed E-state index contributed by atoms with van der Waals surface area (Å²) >= 11 is 5.76. The smallest absolute Gasteiger partial charge is 0.323 e. The van der Waals surface area contributed by atoms with Gasteiger partial charge in [-0.05, 0) is 31.2 Å². The lowest BCUT2D eigenvalue weighted by atomic mass is 10.3. The number of carbonyl (C=O) groups excluding carboxylic acids is 1. The molecule has 1 aliphatic rings. The molecule has 1 atom stereocenters. The van der Waals surface area contributed by atoms with E-state index in [1.54, 1.807) is 29.2 Å². The van der Waals surface area contributed by atoms with E-state index in [1.165, 1.54) is 0 Å². The highest BCUT2D eigenvalue weighted by Gasteiger charge is 2.25. The summed E-state index contributed by atoms with van der Waals surface area (Å²) < 4.78 is 5.29. The zero-order valence-electron chi connectivity index (χ0n) is 8.94. The molecule has 0 saturated carbocycles. The molecule has 5 heteroatoms. The second-order valence-corrected chi connectivity index (χ2v) is 4.04. The molecular weight excluding hydrogens is 228 g/mol. The van der Waals surface area contributed by atoms with Crippen LogP contribution >= 0.6 is 11.6 Å². The number of ether oxygens (including phenoxy) is 1. The molecule has 0 bridgehead atoms. The van der Waals surface area contributed by atoms with E-state index >= 15 is 0 Å². The summed E-state index contributed by atoms with van der Waals surface area (Å²) in [5, 5.41) is 3.44. The van der Waals surface area contributed by atoms with Crippen molar-refractivity contribution in [3.8, 4) is 0 Å². The fraction of sp³-hybridized carbons (Fsp3) is 0.364. The molecule has 16 heavy (non-hydrogen) atoms. The maximum Gasteiger partial charge on any atom is 0.323 e. The highest BCUT2D eigenvalue weighted by molar-refractivity contribution is 6.30. The molecule has 0 aliphatic carbocycles. The van der Waals surface area contributed by atoms with Gasteiger partial charge in [-0.1, -0.05) is 11.6 Å². The van der Waals surface area contributed by atoms with Gasteiger partial charge in [0.05, 0.1) is 6.61 Å². The standard InChI is InChI=1S/C11H13ClN2O2/c1-8-14(6-7-16-8)11(15)13-10-4-2-9(12)3-5-10/h2-5,8H,6-7H2,1H3,(H,13,15). The van der Waals surface area contributed by atoms with Crippen molar-refractivity contribution in [2.24, 2.45) is 0 Å². The fourth-order valence-corrected chi connectivity index (χ4v) is 1.71. The van der Waals surface area contributed by atoms with Crippen LogP contribution in [0.25, 0.3) is 0 Å². The van der Waals surface area contributed by atoms with E-state index < -0.39 is 0 Å². The van der Waals surface area contributed by atoms with Gasteiger partial charge in [0.1, 0.15) is 6.23 Å². The fourth-order valence-electron chi connectivity index (χ4n) is 1.59. The molecule has 4 nitrogen and oxygen atoms in total. The number of amides is 2. The Morgan fingerprint density at radius 1 is 1.50 bits per heavy atom. The topological polar surface area (TPSA) is 41.6 Å². The van der Waals surface area contributed by atoms with Crippen molar-refractivity contribution in [1.82, 2.24) is 4.90 Å². The summed E-state index contributed by atoms with van der Waals surface area (Å²) in [5.41, 5.74) is 0.730. The van der Waals surface area contributed by atoms with Crippen LogP contribution in [-0.4, -0.2) is 30.3 Å². The first-order valence-corrected chi connectivity index (χ1v) is 5.49. The second-order valence-electron chi connectivity index (χ2n) is 3.60. The summed E-state index contributed by atoms with van der Waals surface area (Å²) in [4.78, 5) is 13.5. The molecule has 1 aromatic rings. The van der Waals surface area contributed by atoms with Crippen molar-refractivity contribution in [2.45, 2.75) is 13.2 Å². The van der Waals surface area contributed by atoms with Crippen LogP contribution in [0.2, 0.25) is 5.02 Å². The molecule has 0 spiro atoms. The van der Waals surface area contributed by atoms with E-state index in [0.717, 1.165) is 5.69 Å². The van der Waals surface area contributed by atoms with Crippen molar-refractivity contribution in [1.29, 1.82) is 0 Å². The van der Waals surface area contributed by atoms with Gasteiger partial charge in [0, 0.05) is 17.3 Å². The number of hydrogen-bond acceptors (Lipinski definition) is 2. The molecule has 1 fully saturated rings. The quantitative estimate of drug-likeness (QED) is 0.820. The van der Waals surface area contributed by atoms with Crippen molar-refractivity contribution in [3.63, 3.8) is 0 Å². The average molecular weight is 241 g/mol. The Hall–Kier alpha value is -1.26. The van der Waals surface area contributed by atoms with Gasteiger partial charge in [0.25, 0.3) is 0 Å². The summed E-state index contributed by atoms with van der Waals surface area (Å²) in [6.07, 6.45) is -0.160. The SMILES string of the molecule is CC1OCCN1C(=O)Nc1ccc(Cl)cc1. The van der Waals surface area contributed by atoms with Gasteiger partial charge in [-0.2, -0.15) is 0 Å². The van der Waals surface area contributed by atoms with Crippen molar-refractivity contribution < 1.29 is 9.53 Å². The van der Waals surface area contributed by atoms with Crippen LogP contribution in [0.1, 0.15) is 6.92 Å². The predicted octanol–water partition coefficient (Wildman–Crippen LogP) is 2.55. The second kappa shape index (κ2) is 4.72. The molecule has 1 aliphatic heterocycles. The van der Waals surface area contributed by atoms with Gasteiger partial charge < -0.3 is 10.1 Å². The van der Waals surface area contributed by atoms with E-state index in [9.17, 15) is 4.79 Å². The molecule has 1 unspecified atom stereocenters. The van der Waals surface area contributed by atoms with E-state index in [2.05, 4.69) is 5.32 Å². The first-order valence-electron chi connectivity index (χ1n) is 5.11. The van der Waals surface area contributed by atoms with Crippen molar-refractivity contribution in [3.05, 3.63) is 29.3 Å². The minimum atomic E-state index is -0.160. The summed E-state index contributed by atoms with van der Waals surface area (Å²) in [6.45, 7) is 3.07. The number of carbonyl (C=O) groups is 1. The zero-order valence-corrected chi connectivity index (χ0v) is 9.70. The molecule has 0 aromatic heterocycles. The number of urea groups is 1. The molecule has 1 saturated heterocycles. The minimum Gasteiger partial charge on any atom is -0.357 e. The summed E-state index contributed by atoms with van der Waals surface area (Å²) in [5.74, 6) is 0. The van der Waals surface area contributed by atoms with Gasteiger partial charge in [-0.25, -0.2) is 4.79 Å². The maximum atomic E-state index is 11.8. The molecular formula is C11H13ClN2O2. The lowest BCUT2D eigenvalue weighted by Gasteiger charge is -2.20. The van der Waals surface area contributed by atoms with Crippen LogP contribution in [0, 0.1) is 0 Å². The van der Waals surface area contributed by atoms with E-state index in [4.69, 9.17) is 16.3 Å². The van der Waals surface area contributed by atoms with Crippen molar-refractivity contribution in [2.75, 3.05) is 18.5 Å². The number of benzene rings is 1. The molecule has 0 radical (unpaired) electrons. The number of rotatable bonds is 1. The lowest BCUT2D eigenvalue weighted by molar-refractivity contribution is 0.0682. The highest BCUT2D eigenvalue weighted by Crippen LogP contribution is 2.16. The van der Waals surface area contributed by atoms with Crippen molar-refractivity contribution >= 4 is 23.3 Å². The third-order valence-electron chi connectivity index (χ3n) is 2.49. The van der Waals surface area contributed by atoms with E-state index in [-0.39, 0.29) is 12.3 Å². The van der Waals surface area contributed by atoms with Crippen LogP contribution in [0.5, 0.6) is 0 Å². The Bertz CT molecular complexity index is 380. The van der Waals surface area contributed by atoms with Gasteiger partial charge >= 0.3 is 6.03 Å².